The summed E-state index contributed by atoms with van der Waals surface area (Å²) in [6, 6.07) is 6.83. The van der Waals surface area contributed by atoms with E-state index in [9.17, 15) is 0 Å². The molecule has 0 aliphatic rings. The number of ether oxygens (including phenoxy) is 1. The maximum atomic E-state index is 5.13. The molecule has 2 heteroatoms. The van der Waals surface area contributed by atoms with Crippen LogP contribution in [-0.2, 0) is 11.3 Å². The van der Waals surface area contributed by atoms with Crippen LogP contribution in [-0.4, -0.2) is 28.9 Å². The van der Waals surface area contributed by atoms with Crippen molar-refractivity contribution in [2.45, 2.75) is 22.8 Å². The van der Waals surface area contributed by atoms with Gasteiger partial charge in [0.05, 0.1) is 0 Å². The molecule has 0 aliphatic heterocycles. The predicted octanol–water partition coefficient (Wildman–Crippen LogP) is 2.10. The molecule has 72 valence electrons. The van der Waals surface area contributed by atoms with E-state index in [1.165, 1.54) is 11.1 Å². The molecule has 0 N–H and O–H groups in total. The van der Waals surface area contributed by atoms with Crippen molar-refractivity contribution in [1.82, 2.24) is 0 Å². The van der Waals surface area contributed by atoms with Crippen molar-refractivity contribution in [3.63, 3.8) is 0 Å². The van der Waals surface area contributed by atoms with Gasteiger partial charge in [-0.3, -0.25) is 0 Å². The fourth-order valence-electron chi connectivity index (χ4n) is 1.28. The molecular formula is C11H17BiO. The first-order valence-corrected chi connectivity index (χ1v) is 13.1. The summed E-state index contributed by atoms with van der Waals surface area (Å²) in [4.78, 5) is 0. The summed E-state index contributed by atoms with van der Waals surface area (Å²) in [5, 5.41) is 0. The molecule has 0 saturated heterocycles. The van der Waals surface area contributed by atoms with Crippen LogP contribution in [0.2, 0.25) is 9.26 Å². The molecule has 0 heterocycles. The standard InChI is InChI=1S/C9H11O.2CH3.Bi/c1-8-5-3-4-6-9(8)7-10-2;;;/h4-6H,7H2,1-2H3;2*1H3;. The van der Waals surface area contributed by atoms with E-state index < -0.39 is 21.8 Å². The Balaban J connectivity index is 2.92. The zero-order valence-corrected chi connectivity index (χ0v) is 12.3. The number of aryl methyl sites for hydroxylation is 1. The molecule has 0 spiro atoms. The fourth-order valence-corrected chi connectivity index (χ4v) is 4.48. The van der Waals surface area contributed by atoms with E-state index >= 15 is 0 Å². The van der Waals surface area contributed by atoms with Gasteiger partial charge in [-0.1, -0.05) is 0 Å². The van der Waals surface area contributed by atoms with E-state index in [2.05, 4.69) is 34.4 Å². The molecule has 1 aromatic rings. The van der Waals surface area contributed by atoms with Crippen LogP contribution in [0.4, 0.5) is 0 Å². The minimum absolute atomic E-state index is 0.735. The van der Waals surface area contributed by atoms with Crippen molar-refractivity contribution in [2.24, 2.45) is 0 Å². The van der Waals surface area contributed by atoms with Crippen molar-refractivity contribution in [3.05, 3.63) is 29.3 Å². The summed E-state index contributed by atoms with van der Waals surface area (Å²) in [6.45, 7) is 2.91. The fraction of sp³-hybridized carbons (Fsp3) is 0.455. The van der Waals surface area contributed by atoms with Gasteiger partial charge < -0.3 is 0 Å². The molecule has 0 unspecified atom stereocenters. The quantitative estimate of drug-likeness (QED) is 0.737. The van der Waals surface area contributed by atoms with Crippen LogP contribution >= 0.6 is 0 Å². The Morgan fingerprint density at radius 3 is 2.46 bits per heavy atom. The molecule has 0 radical (unpaired) electrons. The Bertz CT molecular complexity index is 281. The van der Waals surface area contributed by atoms with Gasteiger partial charge in [0.2, 0.25) is 0 Å². The molecule has 1 nitrogen and oxygen atoms in total. The van der Waals surface area contributed by atoms with E-state index in [0.717, 1.165) is 6.61 Å². The van der Waals surface area contributed by atoms with E-state index in [1.54, 1.807) is 10.4 Å². The van der Waals surface area contributed by atoms with Gasteiger partial charge in [-0.25, -0.2) is 0 Å². The molecule has 0 atom stereocenters. The number of benzene rings is 1. The zero-order valence-electron chi connectivity index (χ0n) is 8.79. The van der Waals surface area contributed by atoms with Crippen LogP contribution in [0.15, 0.2) is 18.2 Å². The number of methoxy groups -OCH3 is 1. The third-order valence-electron chi connectivity index (χ3n) is 2.14. The summed E-state index contributed by atoms with van der Waals surface area (Å²) in [6.07, 6.45) is 0. The van der Waals surface area contributed by atoms with E-state index in [-0.39, 0.29) is 0 Å². The Labute approximate surface area is 88.8 Å². The predicted molar refractivity (Wildman–Crippen MR) is 59.0 cm³/mol. The second-order valence-corrected chi connectivity index (χ2v) is 12.4. The topological polar surface area (TPSA) is 9.23 Å². The van der Waals surface area contributed by atoms with Gasteiger partial charge in [0.25, 0.3) is 0 Å². The Kier molecular flexibility index (Phi) is 4.35. The van der Waals surface area contributed by atoms with Crippen molar-refractivity contribution in [2.75, 3.05) is 7.11 Å². The molecule has 0 amide bonds. The monoisotopic (exact) mass is 374 g/mol. The molecule has 0 aliphatic carbocycles. The molecule has 0 saturated carbocycles. The summed E-state index contributed by atoms with van der Waals surface area (Å²) >= 11 is -1.22. The van der Waals surface area contributed by atoms with Crippen molar-refractivity contribution >= 4 is 25.0 Å². The number of rotatable bonds is 3. The summed E-state index contributed by atoms with van der Waals surface area (Å²) in [5.41, 5.74) is 2.69. The minimum atomic E-state index is -1.22. The molecule has 13 heavy (non-hydrogen) atoms. The molecule has 0 bridgehead atoms. The summed E-state index contributed by atoms with van der Waals surface area (Å²) in [7, 11) is 1.74. The normalized spacial score (nSPS) is 10.8. The Hall–Kier alpha value is 0.0631. The van der Waals surface area contributed by atoms with Gasteiger partial charge in [0.1, 0.15) is 0 Å². The van der Waals surface area contributed by atoms with Gasteiger partial charge in [-0.2, -0.15) is 0 Å². The third kappa shape index (κ3) is 3.03. The second-order valence-electron chi connectivity index (χ2n) is 3.44. The van der Waals surface area contributed by atoms with Crippen molar-refractivity contribution < 1.29 is 4.74 Å². The van der Waals surface area contributed by atoms with Crippen LogP contribution in [0.1, 0.15) is 11.1 Å². The Morgan fingerprint density at radius 2 is 2.00 bits per heavy atom. The Morgan fingerprint density at radius 1 is 1.31 bits per heavy atom. The second kappa shape index (κ2) is 5.07. The van der Waals surface area contributed by atoms with Gasteiger partial charge in [-0.15, -0.1) is 0 Å². The average Bonchev–Trinajstić information content (AvgIpc) is 2.08. The van der Waals surface area contributed by atoms with E-state index in [4.69, 9.17) is 4.74 Å². The molecule has 1 aromatic carbocycles. The number of hydrogen-bond acceptors (Lipinski definition) is 1. The SMILES string of the molecule is COCc1cc[c]([Bi]([CH3])[CH3])cc1C. The van der Waals surface area contributed by atoms with Gasteiger partial charge in [0, 0.05) is 0 Å². The van der Waals surface area contributed by atoms with Crippen LogP contribution < -0.4 is 3.27 Å². The summed E-state index contributed by atoms with van der Waals surface area (Å²) in [5.74, 6) is 0. The maximum absolute atomic E-state index is 5.13. The van der Waals surface area contributed by atoms with E-state index in [0.29, 0.717) is 0 Å². The van der Waals surface area contributed by atoms with Crippen molar-refractivity contribution in [3.8, 4) is 0 Å². The zero-order chi connectivity index (χ0) is 9.84. The van der Waals surface area contributed by atoms with Crippen LogP contribution in [0, 0.1) is 6.92 Å². The van der Waals surface area contributed by atoms with Crippen LogP contribution in [0.3, 0.4) is 0 Å². The van der Waals surface area contributed by atoms with E-state index in [1.807, 2.05) is 0 Å². The van der Waals surface area contributed by atoms with Gasteiger partial charge >= 0.3 is 89.0 Å². The first-order valence-electron chi connectivity index (χ1n) is 4.41. The van der Waals surface area contributed by atoms with Gasteiger partial charge in [-0.05, 0) is 0 Å². The third-order valence-corrected chi connectivity index (χ3v) is 7.24. The first-order chi connectivity index (χ1) is 6.15. The molecule has 1 rings (SSSR count). The molecule has 0 aromatic heterocycles. The number of hydrogen-bond donors (Lipinski definition) is 0. The van der Waals surface area contributed by atoms with Crippen LogP contribution in [0.5, 0.6) is 0 Å². The molecule has 0 fully saturated rings. The average molecular weight is 374 g/mol. The van der Waals surface area contributed by atoms with Gasteiger partial charge in [0.15, 0.2) is 0 Å². The first kappa shape index (κ1) is 11.1. The molecular weight excluding hydrogens is 357 g/mol. The van der Waals surface area contributed by atoms with Crippen molar-refractivity contribution in [1.29, 1.82) is 0 Å². The summed E-state index contributed by atoms with van der Waals surface area (Å²) < 4.78 is 11.6. The van der Waals surface area contributed by atoms with Crippen LogP contribution in [0.25, 0.3) is 0 Å².